The molecular formula is C18H21NO3. The molecule has 1 aliphatic rings. The molecule has 1 aromatic carbocycles. The first kappa shape index (κ1) is 14.8. The number of Topliss-reactive ketones (excluding diaryl/α,β-unsaturated/α-hetero) is 1. The number of carbonyl (C=O) groups excluding carboxylic acids is 1. The van der Waals surface area contributed by atoms with Crippen LogP contribution in [0.1, 0.15) is 47.7 Å². The van der Waals surface area contributed by atoms with Crippen LogP contribution in [0.2, 0.25) is 0 Å². The highest BCUT2D eigenvalue weighted by Gasteiger charge is 2.21. The maximum absolute atomic E-state index is 12.7. The summed E-state index contributed by atoms with van der Waals surface area (Å²) >= 11 is 0. The molecule has 0 radical (unpaired) electrons. The number of hydrogen-bond acceptors (Lipinski definition) is 4. The third-order valence-electron chi connectivity index (χ3n) is 4.36. The molecule has 116 valence electrons. The van der Waals surface area contributed by atoms with E-state index in [9.17, 15) is 9.59 Å². The van der Waals surface area contributed by atoms with Gasteiger partial charge in [-0.3, -0.25) is 9.59 Å². The van der Waals surface area contributed by atoms with Crippen molar-refractivity contribution in [3.05, 3.63) is 39.0 Å². The Morgan fingerprint density at radius 1 is 1.14 bits per heavy atom. The van der Waals surface area contributed by atoms with E-state index >= 15 is 0 Å². The topological polar surface area (TPSA) is 50.5 Å². The van der Waals surface area contributed by atoms with E-state index in [1.54, 1.807) is 12.1 Å². The number of nitrogens with zero attached hydrogens (tertiary/aromatic N) is 1. The van der Waals surface area contributed by atoms with Gasteiger partial charge in [0.1, 0.15) is 0 Å². The zero-order valence-corrected chi connectivity index (χ0v) is 13.4. The average Bonchev–Trinajstić information content (AvgIpc) is 2.51. The van der Waals surface area contributed by atoms with Crippen LogP contribution in [0.15, 0.2) is 21.3 Å². The minimum Gasteiger partial charge on any atom is -0.439 e. The summed E-state index contributed by atoms with van der Waals surface area (Å²) in [5.74, 6) is 0.550. The Bertz CT molecular complexity index is 798. The molecule has 4 heteroatoms. The van der Waals surface area contributed by atoms with E-state index in [1.165, 1.54) is 13.3 Å². The van der Waals surface area contributed by atoms with Crippen LogP contribution < -0.4 is 10.3 Å². The molecule has 0 N–H and O–H groups in total. The van der Waals surface area contributed by atoms with Crippen LogP contribution >= 0.6 is 0 Å². The molecular weight excluding hydrogens is 278 g/mol. The number of ketones is 1. The number of piperidine rings is 1. The lowest BCUT2D eigenvalue weighted by Gasteiger charge is -2.28. The Labute approximate surface area is 129 Å². The van der Waals surface area contributed by atoms with E-state index < -0.39 is 0 Å². The van der Waals surface area contributed by atoms with Gasteiger partial charge in [0.05, 0.1) is 16.5 Å². The number of anilines is 1. The van der Waals surface area contributed by atoms with Crippen molar-refractivity contribution < 1.29 is 9.21 Å². The van der Waals surface area contributed by atoms with Gasteiger partial charge in [-0.15, -0.1) is 0 Å². The van der Waals surface area contributed by atoms with Gasteiger partial charge in [0.25, 0.3) is 0 Å². The second-order valence-corrected chi connectivity index (χ2v) is 6.15. The number of aryl methyl sites for hydroxylation is 1. The second kappa shape index (κ2) is 5.59. The second-order valence-electron chi connectivity index (χ2n) is 6.15. The number of rotatable bonds is 2. The zero-order valence-electron chi connectivity index (χ0n) is 13.4. The van der Waals surface area contributed by atoms with Crippen molar-refractivity contribution in [1.82, 2.24) is 0 Å². The molecule has 1 aliphatic heterocycles. The van der Waals surface area contributed by atoms with Crippen LogP contribution in [0, 0.1) is 13.8 Å². The van der Waals surface area contributed by atoms with Crippen molar-refractivity contribution >= 4 is 22.6 Å². The first-order chi connectivity index (χ1) is 10.5. The summed E-state index contributed by atoms with van der Waals surface area (Å²) in [7, 11) is 0. The average molecular weight is 299 g/mol. The fourth-order valence-corrected chi connectivity index (χ4v) is 3.18. The van der Waals surface area contributed by atoms with Gasteiger partial charge in [0.2, 0.25) is 5.88 Å². The van der Waals surface area contributed by atoms with Crippen molar-refractivity contribution in [2.24, 2.45) is 0 Å². The first-order valence-corrected chi connectivity index (χ1v) is 7.83. The van der Waals surface area contributed by atoms with E-state index in [1.807, 2.05) is 13.8 Å². The Morgan fingerprint density at radius 3 is 2.45 bits per heavy atom. The zero-order chi connectivity index (χ0) is 15.9. The molecule has 1 saturated heterocycles. The highest BCUT2D eigenvalue weighted by molar-refractivity contribution is 6.05. The molecule has 0 saturated carbocycles. The Hall–Kier alpha value is -2.10. The summed E-state index contributed by atoms with van der Waals surface area (Å²) in [5, 5.41) is 0.503. The standard InChI is InChI=1S/C18H21NO3/c1-11-9-14(13(3)20)17-15(10-11)16(21)12(2)18(22-17)19-7-5-4-6-8-19/h9-10H,4-8H2,1-3H3. The number of carbonyl (C=O) groups is 1. The van der Waals surface area contributed by atoms with Crippen LogP contribution in [0.3, 0.4) is 0 Å². The summed E-state index contributed by atoms with van der Waals surface area (Å²) in [6.07, 6.45) is 3.43. The monoisotopic (exact) mass is 299 g/mol. The lowest BCUT2D eigenvalue weighted by atomic mass is 10.0. The first-order valence-electron chi connectivity index (χ1n) is 7.83. The molecule has 2 aromatic rings. The molecule has 0 unspecified atom stereocenters. The summed E-state index contributed by atoms with van der Waals surface area (Å²) in [6.45, 7) is 7.01. The highest BCUT2D eigenvalue weighted by Crippen LogP contribution is 2.28. The Morgan fingerprint density at radius 2 is 1.82 bits per heavy atom. The molecule has 0 aliphatic carbocycles. The minimum absolute atomic E-state index is 0.0342. The number of benzene rings is 1. The fourth-order valence-electron chi connectivity index (χ4n) is 3.18. The number of fused-ring (bicyclic) bond motifs is 1. The maximum atomic E-state index is 12.7. The van der Waals surface area contributed by atoms with E-state index in [-0.39, 0.29) is 11.2 Å². The van der Waals surface area contributed by atoms with Gasteiger partial charge >= 0.3 is 0 Å². The molecule has 1 aromatic heterocycles. The van der Waals surface area contributed by atoms with E-state index in [0.29, 0.717) is 28.0 Å². The van der Waals surface area contributed by atoms with Crippen LogP contribution in [0.4, 0.5) is 5.88 Å². The molecule has 0 atom stereocenters. The van der Waals surface area contributed by atoms with E-state index in [0.717, 1.165) is 31.5 Å². The molecule has 4 nitrogen and oxygen atoms in total. The third kappa shape index (κ3) is 2.43. The smallest absolute Gasteiger partial charge is 0.202 e. The van der Waals surface area contributed by atoms with Crippen molar-refractivity contribution in [2.75, 3.05) is 18.0 Å². The van der Waals surface area contributed by atoms with Gasteiger partial charge < -0.3 is 9.32 Å². The molecule has 1 fully saturated rings. The fraction of sp³-hybridized carbons (Fsp3) is 0.444. The SMILES string of the molecule is CC(=O)c1cc(C)cc2c(=O)c(C)c(N3CCCCC3)oc12. The predicted octanol–water partition coefficient (Wildman–Crippen LogP) is 3.60. The lowest BCUT2D eigenvalue weighted by Crippen LogP contribution is -2.31. The van der Waals surface area contributed by atoms with Crippen molar-refractivity contribution in [3.8, 4) is 0 Å². The van der Waals surface area contributed by atoms with Crippen LogP contribution in [-0.4, -0.2) is 18.9 Å². The van der Waals surface area contributed by atoms with Crippen LogP contribution in [0.5, 0.6) is 0 Å². The molecule has 2 heterocycles. The summed E-state index contributed by atoms with van der Waals surface area (Å²) in [6, 6.07) is 3.60. The van der Waals surface area contributed by atoms with Gasteiger partial charge in [-0.2, -0.15) is 0 Å². The van der Waals surface area contributed by atoms with Gasteiger partial charge in [-0.25, -0.2) is 0 Å². The van der Waals surface area contributed by atoms with Crippen molar-refractivity contribution in [3.63, 3.8) is 0 Å². The van der Waals surface area contributed by atoms with Gasteiger partial charge in [0.15, 0.2) is 16.8 Å². The van der Waals surface area contributed by atoms with Gasteiger partial charge in [-0.1, -0.05) is 0 Å². The Kier molecular flexibility index (Phi) is 3.77. The molecule has 0 bridgehead atoms. The summed E-state index contributed by atoms with van der Waals surface area (Å²) in [4.78, 5) is 26.8. The summed E-state index contributed by atoms with van der Waals surface area (Å²) in [5.41, 5.74) is 2.41. The quantitative estimate of drug-likeness (QED) is 0.795. The van der Waals surface area contributed by atoms with Gasteiger partial charge in [-0.05, 0) is 57.7 Å². The van der Waals surface area contributed by atoms with Crippen LogP contribution in [-0.2, 0) is 0 Å². The third-order valence-corrected chi connectivity index (χ3v) is 4.36. The van der Waals surface area contributed by atoms with E-state index in [2.05, 4.69) is 4.90 Å². The van der Waals surface area contributed by atoms with Crippen molar-refractivity contribution in [2.45, 2.75) is 40.0 Å². The molecule has 0 spiro atoms. The maximum Gasteiger partial charge on any atom is 0.202 e. The van der Waals surface area contributed by atoms with Crippen LogP contribution in [0.25, 0.3) is 11.0 Å². The largest absolute Gasteiger partial charge is 0.439 e. The highest BCUT2D eigenvalue weighted by atomic mass is 16.4. The predicted molar refractivity (Wildman–Crippen MR) is 88.0 cm³/mol. The van der Waals surface area contributed by atoms with E-state index in [4.69, 9.17) is 4.42 Å². The molecule has 3 rings (SSSR count). The Balaban J connectivity index is 2.29. The lowest BCUT2D eigenvalue weighted by molar-refractivity contribution is 0.101. The molecule has 22 heavy (non-hydrogen) atoms. The van der Waals surface area contributed by atoms with Gasteiger partial charge in [0, 0.05) is 13.1 Å². The summed E-state index contributed by atoms with van der Waals surface area (Å²) < 4.78 is 6.07. The minimum atomic E-state index is -0.0784. The normalized spacial score (nSPS) is 15.3. The van der Waals surface area contributed by atoms with Crippen molar-refractivity contribution in [1.29, 1.82) is 0 Å². The molecule has 0 amide bonds. The number of hydrogen-bond donors (Lipinski definition) is 0.